The van der Waals surface area contributed by atoms with Crippen molar-refractivity contribution in [1.82, 2.24) is 9.21 Å². The molecule has 2 heterocycles. The van der Waals surface area contributed by atoms with Gasteiger partial charge >= 0.3 is 0 Å². The Balaban J connectivity index is 1.82. The number of carbonyl (C=O) groups excluding carboxylic acids is 1. The van der Waals surface area contributed by atoms with Gasteiger partial charge in [0.05, 0.1) is 10.9 Å². The number of fused-ring (bicyclic) bond motifs is 1. The fraction of sp³-hybridized carbons (Fsp3) is 0.381. The molecule has 0 bridgehead atoms. The van der Waals surface area contributed by atoms with E-state index in [4.69, 9.17) is 0 Å². The second-order valence-electron chi connectivity index (χ2n) is 7.54. The smallest absolute Gasteiger partial charge is 0.243 e. The fourth-order valence-electron chi connectivity index (χ4n) is 4.37. The minimum atomic E-state index is -3.70. The van der Waals surface area contributed by atoms with E-state index in [1.807, 2.05) is 56.4 Å². The first kappa shape index (κ1) is 18.3. The first-order valence-electron chi connectivity index (χ1n) is 9.26. The first-order valence-corrected chi connectivity index (χ1v) is 10.7. The van der Waals surface area contributed by atoms with E-state index in [0.29, 0.717) is 13.0 Å². The monoisotopic (exact) mass is 384 g/mol. The van der Waals surface area contributed by atoms with E-state index in [9.17, 15) is 13.2 Å². The van der Waals surface area contributed by atoms with Crippen molar-refractivity contribution in [1.29, 1.82) is 0 Å². The molecule has 4 rings (SSSR count). The molecular weight excluding hydrogens is 360 g/mol. The van der Waals surface area contributed by atoms with Crippen molar-refractivity contribution >= 4 is 15.8 Å². The van der Waals surface area contributed by atoms with Gasteiger partial charge in [0.1, 0.15) is 5.78 Å². The molecule has 2 saturated heterocycles. The molecule has 27 heavy (non-hydrogen) atoms. The molecule has 0 aliphatic carbocycles. The Bertz CT molecular complexity index is 941. The van der Waals surface area contributed by atoms with E-state index in [2.05, 4.69) is 4.90 Å². The van der Waals surface area contributed by atoms with Gasteiger partial charge in [0.15, 0.2) is 0 Å². The summed E-state index contributed by atoms with van der Waals surface area (Å²) in [5.74, 6) is -0.116. The van der Waals surface area contributed by atoms with Crippen LogP contribution in [0, 0.1) is 12.8 Å². The van der Waals surface area contributed by atoms with Crippen molar-refractivity contribution in [2.75, 3.05) is 20.1 Å². The van der Waals surface area contributed by atoms with Crippen LogP contribution in [0.3, 0.4) is 0 Å². The Morgan fingerprint density at radius 1 is 1.00 bits per heavy atom. The summed E-state index contributed by atoms with van der Waals surface area (Å²) < 4.78 is 28.5. The largest absolute Gasteiger partial charge is 0.300 e. The average Bonchev–Trinajstić information content (AvgIpc) is 3.09. The number of likely N-dealkylation sites (tertiary alicyclic amines) is 1. The summed E-state index contributed by atoms with van der Waals surface area (Å²) in [4.78, 5) is 15.0. The van der Waals surface area contributed by atoms with Crippen molar-refractivity contribution in [2.45, 2.75) is 30.3 Å². The minimum Gasteiger partial charge on any atom is -0.300 e. The molecule has 0 spiro atoms. The molecule has 2 aromatic rings. The van der Waals surface area contributed by atoms with Gasteiger partial charge < -0.3 is 4.90 Å². The fourth-order valence-corrected chi connectivity index (χ4v) is 6.03. The quantitative estimate of drug-likeness (QED) is 0.816. The van der Waals surface area contributed by atoms with Gasteiger partial charge in [-0.05, 0) is 31.7 Å². The second-order valence-corrected chi connectivity index (χ2v) is 9.43. The number of benzene rings is 2. The standard InChI is InChI=1S/C21H24N2O3S/c1-15-8-10-17(11-9-15)27(25,26)23-14-18-19(24)12-13-22(2)21(18)20(23)16-6-4-3-5-7-16/h3-11,18,20-21H,12-14H2,1-2H3/t18-,20-,21+/m1/s1. The predicted molar refractivity (Wildman–Crippen MR) is 104 cm³/mol. The molecule has 2 aliphatic rings. The van der Waals surface area contributed by atoms with E-state index in [1.165, 1.54) is 0 Å². The van der Waals surface area contributed by atoms with E-state index in [0.717, 1.165) is 11.1 Å². The highest BCUT2D eigenvalue weighted by molar-refractivity contribution is 7.89. The Kier molecular flexibility index (Phi) is 4.66. The number of hydrogen-bond acceptors (Lipinski definition) is 4. The summed E-state index contributed by atoms with van der Waals surface area (Å²) in [6.07, 6.45) is 0.484. The van der Waals surface area contributed by atoms with E-state index < -0.39 is 10.0 Å². The number of hydrogen-bond donors (Lipinski definition) is 0. The Morgan fingerprint density at radius 3 is 2.33 bits per heavy atom. The van der Waals surface area contributed by atoms with Crippen LogP contribution in [0.25, 0.3) is 0 Å². The minimum absolute atomic E-state index is 0.131. The number of nitrogens with zero attached hydrogens (tertiary/aromatic N) is 2. The molecule has 3 atom stereocenters. The zero-order chi connectivity index (χ0) is 19.2. The van der Waals surface area contributed by atoms with Crippen LogP contribution in [0.15, 0.2) is 59.5 Å². The molecule has 0 N–H and O–H groups in total. The van der Waals surface area contributed by atoms with Crippen molar-refractivity contribution in [3.63, 3.8) is 0 Å². The normalized spacial score (nSPS) is 26.9. The van der Waals surface area contributed by atoms with Gasteiger partial charge in [-0.15, -0.1) is 0 Å². The van der Waals surface area contributed by atoms with Crippen LogP contribution in [-0.4, -0.2) is 49.6 Å². The zero-order valence-corrected chi connectivity index (χ0v) is 16.4. The number of aryl methyl sites for hydroxylation is 1. The van der Waals surface area contributed by atoms with Crippen LogP contribution in [0.4, 0.5) is 0 Å². The third kappa shape index (κ3) is 3.12. The number of rotatable bonds is 3. The zero-order valence-electron chi connectivity index (χ0n) is 15.6. The summed E-state index contributed by atoms with van der Waals surface area (Å²) >= 11 is 0. The molecule has 0 amide bonds. The van der Waals surface area contributed by atoms with Gasteiger partial charge in [0.25, 0.3) is 0 Å². The first-order chi connectivity index (χ1) is 12.9. The van der Waals surface area contributed by atoms with E-state index in [1.54, 1.807) is 16.4 Å². The molecule has 6 heteroatoms. The molecule has 0 radical (unpaired) electrons. The lowest BCUT2D eigenvalue weighted by atomic mass is 9.86. The van der Waals surface area contributed by atoms with Crippen LogP contribution >= 0.6 is 0 Å². The molecule has 2 aliphatic heterocycles. The van der Waals surface area contributed by atoms with Crippen molar-refractivity contribution < 1.29 is 13.2 Å². The Morgan fingerprint density at radius 2 is 1.67 bits per heavy atom. The van der Waals surface area contributed by atoms with Gasteiger partial charge in [-0.2, -0.15) is 4.31 Å². The number of sulfonamides is 1. The summed E-state index contributed by atoms with van der Waals surface area (Å²) in [7, 11) is -1.72. The molecule has 0 unspecified atom stereocenters. The summed E-state index contributed by atoms with van der Waals surface area (Å²) in [5.41, 5.74) is 1.95. The number of piperidine rings is 1. The lowest BCUT2D eigenvalue weighted by molar-refractivity contribution is -0.127. The maximum Gasteiger partial charge on any atom is 0.243 e. The van der Waals surface area contributed by atoms with Gasteiger partial charge in [-0.1, -0.05) is 48.0 Å². The van der Waals surface area contributed by atoms with Crippen molar-refractivity contribution in [3.05, 3.63) is 65.7 Å². The number of carbonyl (C=O) groups is 1. The lowest BCUT2D eigenvalue weighted by Crippen LogP contribution is -2.48. The topological polar surface area (TPSA) is 57.7 Å². The van der Waals surface area contributed by atoms with Crippen molar-refractivity contribution in [3.8, 4) is 0 Å². The van der Waals surface area contributed by atoms with Crippen molar-refractivity contribution in [2.24, 2.45) is 5.92 Å². The summed E-state index contributed by atoms with van der Waals surface area (Å²) in [5, 5.41) is 0. The Labute approximate surface area is 160 Å². The number of Topliss-reactive ketones (excluding diaryl/α,β-unsaturated/α-hetero) is 1. The number of ketones is 1. The van der Waals surface area contributed by atoms with Gasteiger partial charge in [0.2, 0.25) is 10.0 Å². The van der Waals surface area contributed by atoms with Crippen LogP contribution in [-0.2, 0) is 14.8 Å². The molecule has 142 valence electrons. The van der Waals surface area contributed by atoms with Gasteiger partial charge in [0, 0.05) is 31.5 Å². The SMILES string of the molecule is Cc1ccc(S(=O)(=O)N2C[C@@H]3C(=O)CCN(C)[C@@H]3[C@H]2c2ccccc2)cc1. The highest BCUT2D eigenvalue weighted by Crippen LogP contribution is 2.44. The third-order valence-corrected chi connectivity index (χ3v) is 7.69. The average molecular weight is 385 g/mol. The van der Waals surface area contributed by atoms with Crippen LogP contribution < -0.4 is 0 Å². The molecule has 0 aromatic heterocycles. The van der Waals surface area contributed by atoms with E-state index in [-0.39, 0.29) is 35.2 Å². The molecule has 0 saturated carbocycles. The highest BCUT2D eigenvalue weighted by atomic mass is 32.2. The molecule has 5 nitrogen and oxygen atoms in total. The molecule has 2 aromatic carbocycles. The lowest BCUT2D eigenvalue weighted by Gasteiger charge is -2.37. The third-order valence-electron chi connectivity index (χ3n) is 5.82. The predicted octanol–water partition coefficient (Wildman–Crippen LogP) is 2.63. The van der Waals surface area contributed by atoms with Crippen LogP contribution in [0.5, 0.6) is 0 Å². The summed E-state index contributed by atoms with van der Waals surface area (Å²) in [6, 6.07) is 16.1. The molecular formula is C21H24N2O3S. The van der Waals surface area contributed by atoms with E-state index >= 15 is 0 Å². The van der Waals surface area contributed by atoms with Crippen LogP contribution in [0.1, 0.15) is 23.6 Å². The second kappa shape index (κ2) is 6.86. The summed E-state index contributed by atoms with van der Waals surface area (Å²) in [6.45, 7) is 2.84. The molecule has 2 fully saturated rings. The number of likely N-dealkylation sites (N-methyl/N-ethyl adjacent to an activating group) is 1. The van der Waals surface area contributed by atoms with Gasteiger partial charge in [-0.3, -0.25) is 4.79 Å². The maximum absolute atomic E-state index is 13.5. The van der Waals surface area contributed by atoms with Gasteiger partial charge in [-0.25, -0.2) is 8.42 Å². The highest BCUT2D eigenvalue weighted by Gasteiger charge is 2.53. The maximum atomic E-state index is 13.5. The van der Waals surface area contributed by atoms with Crippen LogP contribution in [0.2, 0.25) is 0 Å². The Hall–Kier alpha value is -2.02.